The fraction of sp³-hybridized carbons (Fsp3) is 0.250. The van der Waals surface area contributed by atoms with Gasteiger partial charge >= 0.3 is 0 Å². The van der Waals surface area contributed by atoms with Crippen LogP contribution in [-0.4, -0.2) is 22.6 Å². The summed E-state index contributed by atoms with van der Waals surface area (Å²) in [5, 5.41) is 22.3. The molecule has 2 aromatic rings. The standard InChI is InChI=1S/C12H11N5OS/c13-3-9-8-1-2-14-6-10(8)19-12(9)17-11(18)7-4-15-16-5-7/h4-5,14H,1-2,6H2,(H,15,16)(H,17,18). The first-order valence-electron chi connectivity index (χ1n) is 5.85. The van der Waals surface area contributed by atoms with Crippen LogP contribution in [0.15, 0.2) is 12.4 Å². The highest BCUT2D eigenvalue weighted by Crippen LogP contribution is 2.34. The lowest BCUT2D eigenvalue weighted by Crippen LogP contribution is -2.22. The Balaban J connectivity index is 1.91. The van der Waals surface area contributed by atoms with E-state index in [2.05, 4.69) is 26.9 Å². The zero-order valence-electron chi connectivity index (χ0n) is 9.99. The van der Waals surface area contributed by atoms with Crippen LogP contribution in [0.1, 0.15) is 26.4 Å². The predicted octanol–water partition coefficient (Wildman–Crippen LogP) is 1.24. The lowest BCUT2D eigenvalue weighted by molar-refractivity contribution is 0.102. The molecule has 0 aliphatic carbocycles. The summed E-state index contributed by atoms with van der Waals surface area (Å²) in [6.07, 6.45) is 3.81. The number of nitriles is 1. The van der Waals surface area contributed by atoms with Crippen molar-refractivity contribution in [3.05, 3.63) is 34.0 Å². The van der Waals surface area contributed by atoms with Crippen LogP contribution in [0.3, 0.4) is 0 Å². The minimum Gasteiger partial charge on any atom is -0.312 e. The molecule has 1 aliphatic rings. The Morgan fingerprint density at radius 2 is 2.47 bits per heavy atom. The first-order valence-corrected chi connectivity index (χ1v) is 6.66. The summed E-state index contributed by atoms with van der Waals surface area (Å²) >= 11 is 1.46. The number of nitrogens with one attached hydrogen (secondary N) is 3. The van der Waals surface area contributed by atoms with Crippen molar-refractivity contribution >= 4 is 22.2 Å². The smallest absolute Gasteiger partial charge is 0.259 e. The lowest BCUT2D eigenvalue weighted by Gasteiger charge is -2.11. The van der Waals surface area contributed by atoms with Crippen molar-refractivity contribution in [2.75, 3.05) is 11.9 Å². The molecule has 0 unspecified atom stereocenters. The normalized spacial score (nSPS) is 13.6. The van der Waals surface area contributed by atoms with E-state index in [1.807, 2.05) is 0 Å². The number of fused-ring (bicyclic) bond motifs is 1. The van der Waals surface area contributed by atoms with Crippen LogP contribution < -0.4 is 10.6 Å². The van der Waals surface area contributed by atoms with E-state index in [0.717, 1.165) is 30.0 Å². The highest BCUT2D eigenvalue weighted by Gasteiger charge is 2.22. The minimum atomic E-state index is -0.253. The van der Waals surface area contributed by atoms with Crippen molar-refractivity contribution in [1.82, 2.24) is 15.5 Å². The summed E-state index contributed by atoms with van der Waals surface area (Å²) < 4.78 is 0. The van der Waals surface area contributed by atoms with Crippen molar-refractivity contribution in [3.63, 3.8) is 0 Å². The van der Waals surface area contributed by atoms with Gasteiger partial charge in [0.05, 0.1) is 17.3 Å². The molecular weight excluding hydrogens is 262 g/mol. The molecule has 1 amide bonds. The number of carbonyl (C=O) groups is 1. The fourth-order valence-electron chi connectivity index (χ4n) is 2.09. The molecule has 0 fully saturated rings. The van der Waals surface area contributed by atoms with E-state index in [1.165, 1.54) is 23.7 Å². The monoisotopic (exact) mass is 273 g/mol. The third kappa shape index (κ3) is 2.12. The average molecular weight is 273 g/mol. The molecule has 96 valence electrons. The van der Waals surface area contributed by atoms with E-state index in [1.54, 1.807) is 0 Å². The Labute approximate surface area is 113 Å². The van der Waals surface area contributed by atoms with E-state index in [0.29, 0.717) is 16.1 Å². The zero-order chi connectivity index (χ0) is 13.2. The Hall–Kier alpha value is -2.17. The molecule has 0 saturated heterocycles. The van der Waals surface area contributed by atoms with Gasteiger partial charge < -0.3 is 10.6 Å². The van der Waals surface area contributed by atoms with Crippen LogP contribution >= 0.6 is 11.3 Å². The Kier molecular flexibility index (Phi) is 3.03. The molecule has 3 heterocycles. The second-order valence-corrected chi connectivity index (χ2v) is 5.29. The quantitative estimate of drug-likeness (QED) is 0.767. The molecule has 19 heavy (non-hydrogen) atoms. The van der Waals surface area contributed by atoms with Crippen LogP contribution in [0.25, 0.3) is 0 Å². The number of hydrogen-bond donors (Lipinski definition) is 3. The Morgan fingerprint density at radius 1 is 1.58 bits per heavy atom. The Bertz CT molecular complexity index is 652. The predicted molar refractivity (Wildman–Crippen MR) is 71.0 cm³/mol. The molecule has 0 radical (unpaired) electrons. The van der Waals surface area contributed by atoms with Crippen LogP contribution in [0.4, 0.5) is 5.00 Å². The number of thiophene rings is 1. The summed E-state index contributed by atoms with van der Waals surface area (Å²) in [5.74, 6) is -0.253. The van der Waals surface area contributed by atoms with Gasteiger partial charge in [0.25, 0.3) is 5.91 Å². The molecular formula is C12H11N5OS. The van der Waals surface area contributed by atoms with E-state index in [4.69, 9.17) is 0 Å². The summed E-state index contributed by atoms with van der Waals surface area (Å²) in [7, 11) is 0. The maximum absolute atomic E-state index is 12.0. The number of carbonyl (C=O) groups excluding carboxylic acids is 1. The number of rotatable bonds is 2. The number of hydrogen-bond acceptors (Lipinski definition) is 5. The molecule has 3 rings (SSSR count). The summed E-state index contributed by atoms with van der Waals surface area (Å²) in [4.78, 5) is 13.1. The van der Waals surface area contributed by atoms with Gasteiger partial charge in [-0.1, -0.05) is 0 Å². The molecule has 7 heteroatoms. The second-order valence-electron chi connectivity index (χ2n) is 4.19. The van der Waals surface area contributed by atoms with Gasteiger partial charge in [-0.3, -0.25) is 9.89 Å². The largest absolute Gasteiger partial charge is 0.312 e. The fourth-order valence-corrected chi connectivity index (χ4v) is 3.25. The van der Waals surface area contributed by atoms with Gasteiger partial charge in [0.2, 0.25) is 0 Å². The maximum atomic E-state index is 12.0. The molecule has 6 nitrogen and oxygen atoms in total. The van der Waals surface area contributed by atoms with Gasteiger partial charge in [0.15, 0.2) is 0 Å². The number of anilines is 1. The van der Waals surface area contributed by atoms with Crippen molar-refractivity contribution < 1.29 is 4.79 Å². The number of aromatic amines is 1. The highest BCUT2D eigenvalue weighted by molar-refractivity contribution is 7.16. The maximum Gasteiger partial charge on any atom is 0.259 e. The van der Waals surface area contributed by atoms with E-state index in [-0.39, 0.29) is 5.91 Å². The molecule has 0 aromatic carbocycles. The lowest BCUT2D eigenvalue weighted by atomic mass is 10.1. The van der Waals surface area contributed by atoms with Crippen molar-refractivity contribution in [3.8, 4) is 6.07 Å². The molecule has 3 N–H and O–H groups in total. The summed E-state index contributed by atoms with van der Waals surface area (Å²) in [6, 6.07) is 2.20. The van der Waals surface area contributed by atoms with Crippen molar-refractivity contribution in [2.45, 2.75) is 13.0 Å². The summed E-state index contributed by atoms with van der Waals surface area (Å²) in [5.41, 5.74) is 2.11. The minimum absolute atomic E-state index is 0.253. The molecule has 0 bridgehead atoms. The Morgan fingerprint density at radius 3 is 3.21 bits per heavy atom. The van der Waals surface area contributed by atoms with Crippen LogP contribution in [0.2, 0.25) is 0 Å². The summed E-state index contributed by atoms with van der Waals surface area (Å²) in [6.45, 7) is 1.63. The van der Waals surface area contributed by atoms with Gasteiger partial charge in [0.1, 0.15) is 11.1 Å². The molecule has 0 spiro atoms. The number of aromatic nitrogens is 2. The van der Waals surface area contributed by atoms with E-state index < -0.39 is 0 Å². The first kappa shape index (κ1) is 11.9. The van der Waals surface area contributed by atoms with Crippen molar-refractivity contribution in [1.29, 1.82) is 5.26 Å². The number of amides is 1. The van der Waals surface area contributed by atoms with Gasteiger partial charge in [-0.15, -0.1) is 11.3 Å². The molecule has 0 saturated carbocycles. The second kappa shape index (κ2) is 4.84. The average Bonchev–Trinajstić information content (AvgIpc) is 3.05. The van der Waals surface area contributed by atoms with E-state index >= 15 is 0 Å². The number of H-pyrrole nitrogens is 1. The van der Waals surface area contributed by atoms with Gasteiger partial charge in [-0.25, -0.2) is 0 Å². The SMILES string of the molecule is N#Cc1c(NC(=O)c2cn[nH]c2)sc2c1CCNC2. The van der Waals surface area contributed by atoms with Crippen LogP contribution in [-0.2, 0) is 13.0 Å². The number of nitrogens with zero attached hydrogens (tertiary/aromatic N) is 2. The molecule has 2 aromatic heterocycles. The van der Waals surface area contributed by atoms with Crippen LogP contribution in [0.5, 0.6) is 0 Å². The van der Waals surface area contributed by atoms with Crippen LogP contribution in [0, 0.1) is 11.3 Å². The van der Waals surface area contributed by atoms with E-state index in [9.17, 15) is 10.1 Å². The topological polar surface area (TPSA) is 93.6 Å². The first-order chi connectivity index (χ1) is 9.29. The van der Waals surface area contributed by atoms with Gasteiger partial charge in [0, 0.05) is 17.6 Å². The molecule has 1 aliphatic heterocycles. The third-order valence-corrected chi connectivity index (χ3v) is 4.17. The van der Waals surface area contributed by atoms with Gasteiger partial charge in [-0.2, -0.15) is 10.4 Å². The van der Waals surface area contributed by atoms with Gasteiger partial charge in [-0.05, 0) is 18.5 Å². The van der Waals surface area contributed by atoms with Crippen molar-refractivity contribution in [2.24, 2.45) is 0 Å². The molecule has 0 atom stereocenters. The highest BCUT2D eigenvalue weighted by atomic mass is 32.1. The zero-order valence-corrected chi connectivity index (χ0v) is 10.8. The third-order valence-electron chi connectivity index (χ3n) is 3.03.